The van der Waals surface area contributed by atoms with Gasteiger partial charge in [-0.3, -0.25) is 4.99 Å². The first-order valence-corrected chi connectivity index (χ1v) is 6.92. The molecule has 1 atom stereocenters. The standard InChI is InChI=1S/C10H14IN3S/c1-7-6-13-10(14-7)12-5-4-8-2-3-9(11)15-8/h2-3,7H,4-6H2,1H3,(H2,12,13,14). The topological polar surface area (TPSA) is 36.4 Å². The van der Waals surface area contributed by atoms with E-state index in [9.17, 15) is 0 Å². The predicted octanol–water partition coefficient (Wildman–Crippen LogP) is 1.83. The molecule has 0 saturated carbocycles. The molecule has 15 heavy (non-hydrogen) atoms. The summed E-state index contributed by atoms with van der Waals surface area (Å²) in [5, 5.41) is 6.60. The van der Waals surface area contributed by atoms with Crippen LogP contribution in [0.4, 0.5) is 0 Å². The maximum atomic E-state index is 4.35. The molecule has 0 bridgehead atoms. The number of guanidine groups is 1. The molecule has 5 heteroatoms. The van der Waals surface area contributed by atoms with Crippen molar-refractivity contribution in [2.45, 2.75) is 19.4 Å². The Morgan fingerprint density at radius 2 is 2.53 bits per heavy atom. The molecule has 1 aliphatic heterocycles. The van der Waals surface area contributed by atoms with Gasteiger partial charge in [-0.2, -0.15) is 0 Å². The van der Waals surface area contributed by atoms with Crippen LogP contribution in [-0.4, -0.2) is 25.1 Å². The Labute approximate surface area is 108 Å². The summed E-state index contributed by atoms with van der Waals surface area (Å²) >= 11 is 4.21. The minimum atomic E-state index is 0.482. The first kappa shape index (κ1) is 11.2. The number of hydrogen-bond donors (Lipinski definition) is 2. The summed E-state index contributed by atoms with van der Waals surface area (Å²) in [6, 6.07) is 4.84. The molecule has 1 aromatic heterocycles. The van der Waals surface area contributed by atoms with Gasteiger partial charge < -0.3 is 10.6 Å². The zero-order valence-corrected chi connectivity index (χ0v) is 11.6. The number of nitrogens with zero attached hydrogens (tertiary/aromatic N) is 1. The number of nitrogens with one attached hydrogen (secondary N) is 2. The molecule has 3 nitrogen and oxygen atoms in total. The van der Waals surface area contributed by atoms with E-state index < -0.39 is 0 Å². The number of thiophene rings is 1. The quantitative estimate of drug-likeness (QED) is 0.827. The fraction of sp³-hybridized carbons (Fsp3) is 0.500. The van der Waals surface area contributed by atoms with Gasteiger partial charge in [-0.05, 0) is 48.1 Å². The zero-order valence-electron chi connectivity index (χ0n) is 8.59. The van der Waals surface area contributed by atoms with Crippen molar-refractivity contribution in [1.82, 2.24) is 10.6 Å². The van der Waals surface area contributed by atoms with Crippen molar-refractivity contribution in [3.05, 3.63) is 19.9 Å². The number of rotatable bonds is 3. The summed E-state index contributed by atoms with van der Waals surface area (Å²) in [6.07, 6.45) is 1.07. The van der Waals surface area contributed by atoms with E-state index in [4.69, 9.17) is 0 Å². The van der Waals surface area contributed by atoms with Gasteiger partial charge in [0.1, 0.15) is 0 Å². The van der Waals surface area contributed by atoms with E-state index in [2.05, 4.69) is 57.3 Å². The van der Waals surface area contributed by atoms with Crippen LogP contribution in [0.25, 0.3) is 0 Å². The fourth-order valence-electron chi connectivity index (χ4n) is 1.45. The summed E-state index contributed by atoms with van der Waals surface area (Å²) in [4.78, 5) is 5.78. The molecule has 0 fully saturated rings. The molecule has 1 aromatic rings. The van der Waals surface area contributed by atoms with Crippen molar-refractivity contribution < 1.29 is 0 Å². The number of aliphatic imine (C=N–C) groups is 1. The lowest BCUT2D eigenvalue weighted by atomic mass is 10.3. The van der Waals surface area contributed by atoms with Crippen LogP contribution in [0.2, 0.25) is 0 Å². The lowest BCUT2D eigenvalue weighted by Gasteiger charge is -2.07. The van der Waals surface area contributed by atoms with Crippen LogP contribution in [0.1, 0.15) is 11.8 Å². The van der Waals surface area contributed by atoms with Gasteiger partial charge in [0, 0.05) is 17.5 Å². The molecule has 0 spiro atoms. The highest BCUT2D eigenvalue weighted by atomic mass is 127. The van der Waals surface area contributed by atoms with E-state index in [0.29, 0.717) is 6.04 Å². The summed E-state index contributed by atoms with van der Waals surface area (Å²) in [6.45, 7) is 3.98. The Hall–Kier alpha value is -0.300. The molecule has 0 aliphatic carbocycles. The third-order valence-electron chi connectivity index (χ3n) is 2.20. The third kappa shape index (κ3) is 3.34. The van der Waals surface area contributed by atoms with Gasteiger partial charge in [0.25, 0.3) is 0 Å². The summed E-state index contributed by atoms with van der Waals surface area (Å²) < 4.78 is 1.35. The van der Waals surface area contributed by atoms with Crippen molar-refractivity contribution in [2.75, 3.05) is 13.1 Å². The van der Waals surface area contributed by atoms with E-state index in [1.807, 2.05) is 11.3 Å². The third-order valence-corrected chi connectivity index (χ3v) is 4.15. The highest BCUT2D eigenvalue weighted by molar-refractivity contribution is 14.1. The van der Waals surface area contributed by atoms with Crippen LogP contribution in [0.5, 0.6) is 0 Å². The Kier molecular flexibility index (Phi) is 3.85. The van der Waals surface area contributed by atoms with Crippen LogP contribution < -0.4 is 10.6 Å². The second-order valence-corrected chi connectivity index (χ2v) is 6.68. The Bertz CT molecular complexity index is 361. The van der Waals surface area contributed by atoms with E-state index in [1.54, 1.807) is 0 Å². The second-order valence-electron chi connectivity index (χ2n) is 3.62. The normalized spacial score (nSPS) is 19.9. The van der Waals surface area contributed by atoms with E-state index >= 15 is 0 Å². The SMILES string of the molecule is CC1CN=C(NCCc2ccc(I)s2)N1. The second kappa shape index (κ2) is 5.16. The van der Waals surface area contributed by atoms with Crippen LogP contribution in [-0.2, 0) is 6.42 Å². The number of hydrogen-bond acceptors (Lipinski definition) is 4. The molecule has 2 heterocycles. The summed E-state index contributed by atoms with van der Waals surface area (Å²) in [5.74, 6) is 0.953. The number of halogens is 1. The lowest BCUT2D eigenvalue weighted by Crippen LogP contribution is -2.38. The Balaban J connectivity index is 1.71. The Morgan fingerprint density at radius 1 is 1.67 bits per heavy atom. The van der Waals surface area contributed by atoms with Gasteiger partial charge in [0.05, 0.1) is 9.43 Å². The van der Waals surface area contributed by atoms with Gasteiger partial charge >= 0.3 is 0 Å². The van der Waals surface area contributed by atoms with Gasteiger partial charge in [0.15, 0.2) is 5.96 Å². The zero-order chi connectivity index (χ0) is 10.7. The maximum Gasteiger partial charge on any atom is 0.191 e. The summed E-state index contributed by atoms with van der Waals surface area (Å²) in [7, 11) is 0. The van der Waals surface area contributed by atoms with Crippen molar-refractivity contribution >= 4 is 39.9 Å². The van der Waals surface area contributed by atoms with Crippen molar-refractivity contribution in [2.24, 2.45) is 4.99 Å². The molecular weight excluding hydrogens is 321 g/mol. The van der Waals surface area contributed by atoms with Crippen LogP contribution >= 0.6 is 33.9 Å². The molecule has 82 valence electrons. The predicted molar refractivity (Wildman–Crippen MR) is 73.6 cm³/mol. The Morgan fingerprint density at radius 3 is 3.13 bits per heavy atom. The van der Waals surface area contributed by atoms with E-state index in [-0.39, 0.29) is 0 Å². The highest BCUT2D eigenvalue weighted by Gasteiger charge is 2.11. The molecule has 0 aromatic carbocycles. The van der Waals surface area contributed by atoms with Gasteiger partial charge in [-0.25, -0.2) is 0 Å². The molecule has 2 N–H and O–H groups in total. The summed E-state index contributed by atoms with van der Waals surface area (Å²) in [5.41, 5.74) is 0. The lowest BCUT2D eigenvalue weighted by molar-refractivity contribution is 0.713. The minimum absolute atomic E-state index is 0.482. The molecule has 0 radical (unpaired) electrons. The smallest absolute Gasteiger partial charge is 0.191 e. The van der Waals surface area contributed by atoms with Crippen LogP contribution in [0.3, 0.4) is 0 Å². The van der Waals surface area contributed by atoms with Crippen molar-refractivity contribution in [3.8, 4) is 0 Å². The van der Waals surface area contributed by atoms with Crippen LogP contribution in [0.15, 0.2) is 17.1 Å². The highest BCUT2D eigenvalue weighted by Crippen LogP contribution is 2.18. The molecule has 1 unspecified atom stereocenters. The minimum Gasteiger partial charge on any atom is -0.356 e. The fourth-order valence-corrected chi connectivity index (χ4v) is 3.21. The molecular formula is C10H14IN3S. The average molecular weight is 335 g/mol. The largest absolute Gasteiger partial charge is 0.356 e. The monoisotopic (exact) mass is 335 g/mol. The van der Waals surface area contributed by atoms with Crippen molar-refractivity contribution in [3.63, 3.8) is 0 Å². The maximum absolute atomic E-state index is 4.35. The average Bonchev–Trinajstić information content (AvgIpc) is 2.76. The van der Waals surface area contributed by atoms with Crippen LogP contribution in [0, 0.1) is 2.88 Å². The first-order chi connectivity index (χ1) is 7.24. The van der Waals surface area contributed by atoms with E-state index in [0.717, 1.165) is 25.5 Å². The van der Waals surface area contributed by atoms with E-state index in [1.165, 1.54) is 7.76 Å². The molecule has 0 amide bonds. The van der Waals surface area contributed by atoms with Crippen molar-refractivity contribution in [1.29, 1.82) is 0 Å². The van der Waals surface area contributed by atoms with Gasteiger partial charge in [0.2, 0.25) is 0 Å². The first-order valence-electron chi connectivity index (χ1n) is 5.03. The van der Waals surface area contributed by atoms with Gasteiger partial charge in [-0.1, -0.05) is 0 Å². The molecule has 1 aliphatic rings. The molecule has 2 rings (SSSR count). The van der Waals surface area contributed by atoms with Gasteiger partial charge in [-0.15, -0.1) is 11.3 Å². The molecule has 0 saturated heterocycles.